The van der Waals surface area contributed by atoms with Gasteiger partial charge in [0.05, 0.1) is 10.6 Å². The molecule has 0 radical (unpaired) electrons. The lowest BCUT2D eigenvalue weighted by atomic mass is 10.3. The topological polar surface area (TPSA) is 61.6 Å². The van der Waals surface area contributed by atoms with Gasteiger partial charge in [0.1, 0.15) is 22.6 Å². The molecule has 0 bridgehead atoms. The minimum atomic E-state index is 0.521. The van der Waals surface area contributed by atoms with Crippen LogP contribution in [-0.4, -0.2) is 17.0 Å². The Morgan fingerprint density at radius 3 is 2.83 bits per heavy atom. The Balaban J connectivity index is 2.04. The molecule has 18 heavy (non-hydrogen) atoms. The van der Waals surface area contributed by atoms with E-state index in [4.69, 9.17) is 5.26 Å². The highest BCUT2D eigenvalue weighted by atomic mass is 32.1. The van der Waals surface area contributed by atoms with Gasteiger partial charge < -0.3 is 5.32 Å². The van der Waals surface area contributed by atoms with Crippen LogP contribution in [0.15, 0.2) is 18.2 Å². The average molecular weight is 256 g/mol. The maximum absolute atomic E-state index is 8.87. The number of hydrogen-bond donors (Lipinski definition) is 1. The largest absolute Gasteiger partial charge is 0.373 e. The molecule has 0 atom stereocenters. The van der Waals surface area contributed by atoms with Gasteiger partial charge in [-0.2, -0.15) is 5.26 Å². The number of nitriles is 1. The van der Waals surface area contributed by atoms with Crippen LogP contribution in [0.25, 0.3) is 10.6 Å². The first-order chi connectivity index (χ1) is 8.80. The summed E-state index contributed by atoms with van der Waals surface area (Å²) in [5.74, 6) is 2.28. The van der Waals surface area contributed by atoms with E-state index in [1.54, 1.807) is 0 Å². The molecule has 1 fully saturated rings. The zero-order chi connectivity index (χ0) is 12.5. The lowest BCUT2D eigenvalue weighted by Crippen LogP contribution is -2.00. The molecule has 90 valence electrons. The van der Waals surface area contributed by atoms with Crippen LogP contribution < -0.4 is 5.32 Å². The number of rotatable bonds is 3. The van der Waals surface area contributed by atoms with E-state index in [0.29, 0.717) is 10.8 Å². The van der Waals surface area contributed by atoms with E-state index in [9.17, 15) is 0 Å². The Kier molecular flexibility index (Phi) is 2.73. The Morgan fingerprint density at radius 1 is 1.39 bits per heavy atom. The molecule has 0 saturated heterocycles. The van der Waals surface area contributed by atoms with Crippen molar-refractivity contribution in [3.8, 4) is 16.6 Å². The molecule has 0 spiro atoms. The molecule has 1 aliphatic carbocycles. The molecule has 1 aliphatic rings. The van der Waals surface area contributed by atoms with Crippen molar-refractivity contribution in [1.29, 1.82) is 5.26 Å². The van der Waals surface area contributed by atoms with Crippen LogP contribution in [0.1, 0.15) is 29.5 Å². The standard InChI is InChI=1S/C13H12N4S/c1-15-12-6-10(11-5-4-9(7-14)18-11)16-13(17-12)8-2-3-8/h4-6,8H,2-3H2,1H3,(H,15,16,17). The Labute approximate surface area is 109 Å². The maximum atomic E-state index is 8.87. The lowest BCUT2D eigenvalue weighted by Gasteiger charge is -2.05. The van der Waals surface area contributed by atoms with Gasteiger partial charge in [-0.25, -0.2) is 9.97 Å². The van der Waals surface area contributed by atoms with Crippen LogP contribution in [0.4, 0.5) is 5.82 Å². The first kappa shape index (κ1) is 11.2. The van der Waals surface area contributed by atoms with Crippen molar-refractivity contribution in [2.45, 2.75) is 18.8 Å². The Hall–Kier alpha value is -1.93. The second-order valence-corrected chi connectivity index (χ2v) is 5.38. The predicted octanol–water partition coefficient (Wildman–Crippen LogP) is 3.00. The Bertz CT molecular complexity index is 622. The molecule has 0 unspecified atom stereocenters. The monoisotopic (exact) mass is 256 g/mol. The van der Waals surface area contributed by atoms with E-state index in [0.717, 1.165) is 22.2 Å². The summed E-state index contributed by atoms with van der Waals surface area (Å²) in [6.45, 7) is 0. The second kappa shape index (κ2) is 4.39. The molecule has 0 aromatic carbocycles. The zero-order valence-corrected chi connectivity index (χ0v) is 10.8. The molecule has 4 nitrogen and oxygen atoms in total. The van der Waals surface area contributed by atoms with E-state index in [-0.39, 0.29) is 0 Å². The predicted molar refractivity (Wildman–Crippen MR) is 71.6 cm³/mol. The second-order valence-electron chi connectivity index (χ2n) is 4.30. The van der Waals surface area contributed by atoms with Crippen LogP contribution >= 0.6 is 11.3 Å². The van der Waals surface area contributed by atoms with Crippen molar-refractivity contribution in [1.82, 2.24) is 9.97 Å². The van der Waals surface area contributed by atoms with E-state index >= 15 is 0 Å². The first-order valence-corrected chi connectivity index (χ1v) is 6.69. The highest BCUT2D eigenvalue weighted by molar-refractivity contribution is 7.15. The summed E-state index contributed by atoms with van der Waals surface area (Å²) in [6, 6.07) is 7.86. The number of thiophene rings is 1. The van der Waals surface area contributed by atoms with Gasteiger partial charge in [0, 0.05) is 19.0 Å². The fraction of sp³-hybridized carbons (Fsp3) is 0.308. The maximum Gasteiger partial charge on any atom is 0.134 e. The number of hydrogen-bond acceptors (Lipinski definition) is 5. The van der Waals surface area contributed by atoms with Crippen molar-refractivity contribution >= 4 is 17.2 Å². The highest BCUT2D eigenvalue weighted by Gasteiger charge is 2.27. The summed E-state index contributed by atoms with van der Waals surface area (Å²) in [5.41, 5.74) is 0.905. The van der Waals surface area contributed by atoms with Crippen molar-refractivity contribution < 1.29 is 0 Å². The third-order valence-corrected chi connectivity index (χ3v) is 3.92. The van der Waals surface area contributed by atoms with E-state index in [1.807, 2.05) is 25.2 Å². The van der Waals surface area contributed by atoms with E-state index in [1.165, 1.54) is 24.2 Å². The minimum Gasteiger partial charge on any atom is -0.373 e. The van der Waals surface area contributed by atoms with Gasteiger partial charge >= 0.3 is 0 Å². The van der Waals surface area contributed by atoms with Crippen LogP contribution in [-0.2, 0) is 0 Å². The van der Waals surface area contributed by atoms with Gasteiger partial charge in [0.15, 0.2) is 0 Å². The van der Waals surface area contributed by atoms with Crippen molar-refractivity contribution in [2.75, 3.05) is 12.4 Å². The average Bonchev–Trinajstić information content (AvgIpc) is 3.16. The lowest BCUT2D eigenvalue weighted by molar-refractivity contribution is 0.933. The fourth-order valence-electron chi connectivity index (χ4n) is 1.78. The Morgan fingerprint density at radius 2 is 2.22 bits per heavy atom. The summed E-state index contributed by atoms with van der Waals surface area (Å²) < 4.78 is 0. The molecular formula is C13H12N4S. The van der Waals surface area contributed by atoms with Gasteiger partial charge in [-0.1, -0.05) is 0 Å². The third-order valence-electron chi connectivity index (χ3n) is 2.91. The molecule has 5 heteroatoms. The van der Waals surface area contributed by atoms with Crippen LogP contribution in [0.3, 0.4) is 0 Å². The quantitative estimate of drug-likeness (QED) is 0.917. The van der Waals surface area contributed by atoms with E-state index in [2.05, 4.69) is 21.4 Å². The number of nitrogens with one attached hydrogen (secondary N) is 1. The third kappa shape index (κ3) is 2.07. The summed E-state index contributed by atoms with van der Waals surface area (Å²) in [7, 11) is 1.86. The molecular weight excluding hydrogens is 244 g/mol. The first-order valence-electron chi connectivity index (χ1n) is 5.87. The molecule has 2 aromatic rings. The summed E-state index contributed by atoms with van der Waals surface area (Å²) in [4.78, 5) is 10.8. The number of anilines is 1. The van der Waals surface area contributed by atoms with Gasteiger partial charge in [0.2, 0.25) is 0 Å². The minimum absolute atomic E-state index is 0.521. The summed E-state index contributed by atoms with van der Waals surface area (Å²) >= 11 is 1.47. The normalized spacial score (nSPS) is 14.2. The zero-order valence-electron chi connectivity index (χ0n) is 9.97. The van der Waals surface area contributed by atoms with Crippen LogP contribution in [0.5, 0.6) is 0 Å². The van der Waals surface area contributed by atoms with Crippen molar-refractivity contribution in [3.63, 3.8) is 0 Å². The highest BCUT2D eigenvalue weighted by Crippen LogP contribution is 2.39. The molecule has 1 saturated carbocycles. The van der Waals surface area contributed by atoms with Gasteiger partial charge in [0.25, 0.3) is 0 Å². The fourth-order valence-corrected chi connectivity index (χ4v) is 2.54. The molecule has 2 heterocycles. The van der Waals surface area contributed by atoms with Crippen LogP contribution in [0.2, 0.25) is 0 Å². The molecule has 3 rings (SSSR count). The van der Waals surface area contributed by atoms with Crippen molar-refractivity contribution in [3.05, 3.63) is 28.9 Å². The van der Waals surface area contributed by atoms with Gasteiger partial charge in [-0.15, -0.1) is 11.3 Å². The van der Waals surface area contributed by atoms with Gasteiger partial charge in [-0.3, -0.25) is 0 Å². The molecule has 0 amide bonds. The van der Waals surface area contributed by atoms with Gasteiger partial charge in [-0.05, 0) is 25.0 Å². The van der Waals surface area contributed by atoms with E-state index < -0.39 is 0 Å². The number of aromatic nitrogens is 2. The number of nitrogens with zero attached hydrogens (tertiary/aromatic N) is 3. The molecule has 0 aliphatic heterocycles. The smallest absolute Gasteiger partial charge is 0.134 e. The SMILES string of the molecule is CNc1cc(-c2ccc(C#N)s2)nc(C2CC2)n1. The van der Waals surface area contributed by atoms with Crippen LogP contribution in [0, 0.1) is 11.3 Å². The summed E-state index contributed by atoms with van der Waals surface area (Å²) in [5, 5.41) is 11.9. The molecule has 2 aromatic heterocycles. The summed E-state index contributed by atoms with van der Waals surface area (Å²) in [6.07, 6.45) is 2.36. The molecule has 1 N–H and O–H groups in total. The van der Waals surface area contributed by atoms with Crippen molar-refractivity contribution in [2.24, 2.45) is 0 Å².